The lowest BCUT2D eigenvalue weighted by Crippen LogP contribution is -2.64. The topological polar surface area (TPSA) is 88.3 Å². The van der Waals surface area contributed by atoms with E-state index in [-0.39, 0.29) is 18.4 Å². The molecule has 0 bridgehead atoms. The number of anilines is 2. The number of hydrogen-bond donors (Lipinski definition) is 2. The lowest BCUT2D eigenvalue weighted by Gasteiger charge is -2.41. The second-order valence-corrected chi connectivity index (χ2v) is 5.50. The van der Waals surface area contributed by atoms with Crippen LogP contribution in [0, 0.1) is 0 Å². The van der Waals surface area contributed by atoms with E-state index in [2.05, 4.69) is 26.2 Å². The van der Waals surface area contributed by atoms with Crippen molar-refractivity contribution in [2.24, 2.45) is 0 Å². The monoisotopic (exact) mass is 312 g/mol. The first kappa shape index (κ1) is 12.8. The fourth-order valence-electron chi connectivity index (χ4n) is 1.80. The van der Waals surface area contributed by atoms with Gasteiger partial charge in [-0.2, -0.15) is 0 Å². The number of nitrogens with zero attached hydrogens (tertiary/aromatic N) is 2. The second kappa shape index (κ2) is 4.24. The van der Waals surface area contributed by atoms with Gasteiger partial charge in [-0.25, -0.2) is 4.98 Å². The molecular formula is C11H13BrN4O2. The highest BCUT2D eigenvalue weighted by Crippen LogP contribution is 2.30. The van der Waals surface area contributed by atoms with Crippen molar-refractivity contribution in [2.45, 2.75) is 19.4 Å². The van der Waals surface area contributed by atoms with Gasteiger partial charge in [0.2, 0.25) is 5.91 Å². The highest BCUT2D eigenvalue weighted by molar-refractivity contribution is 9.10. The molecule has 6 nitrogen and oxygen atoms in total. The minimum absolute atomic E-state index is 0.0531. The molecule has 2 heterocycles. The van der Waals surface area contributed by atoms with Crippen LogP contribution in [0.5, 0.6) is 0 Å². The maximum Gasteiger partial charge on any atom is 0.251 e. The number of aromatic nitrogens is 1. The van der Waals surface area contributed by atoms with Crippen LogP contribution in [-0.4, -0.2) is 28.9 Å². The summed E-state index contributed by atoms with van der Waals surface area (Å²) in [6.07, 6.45) is 1.58. The van der Waals surface area contributed by atoms with Gasteiger partial charge in [-0.3, -0.25) is 14.9 Å². The SMILES string of the molecule is CC1(C)C(=O)NC(=O)CN1c1ncc(Br)cc1N. The fourth-order valence-corrected chi connectivity index (χ4v) is 2.14. The molecule has 2 rings (SSSR count). The number of pyridine rings is 1. The Morgan fingerprint density at radius 1 is 1.50 bits per heavy atom. The van der Waals surface area contributed by atoms with Crippen LogP contribution in [0.2, 0.25) is 0 Å². The zero-order valence-corrected chi connectivity index (χ0v) is 11.6. The molecule has 1 aromatic rings. The number of nitrogens with one attached hydrogen (secondary N) is 1. The fraction of sp³-hybridized carbons (Fsp3) is 0.364. The van der Waals surface area contributed by atoms with E-state index in [4.69, 9.17) is 5.73 Å². The van der Waals surface area contributed by atoms with Crippen LogP contribution in [0.25, 0.3) is 0 Å². The lowest BCUT2D eigenvalue weighted by atomic mass is 9.98. The molecule has 0 radical (unpaired) electrons. The summed E-state index contributed by atoms with van der Waals surface area (Å²) < 4.78 is 0.745. The van der Waals surface area contributed by atoms with Gasteiger partial charge in [0.05, 0.1) is 12.2 Å². The zero-order valence-electron chi connectivity index (χ0n) is 10.0. The summed E-state index contributed by atoms with van der Waals surface area (Å²) in [6.45, 7) is 3.49. The third-order valence-electron chi connectivity index (χ3n) is 2.90. The molecule has 96 valence electrons. The summed E-state index contributed by atoms with van der Waals surface area (Å²) in [5.41, 5.74) is 5.43. The average molecular weight is 313 g/mol. The zero-order chi connectivity index (χ0) is 13.5. The summed E-state index contributed by atoms with van der Waals surface area (Å²) in [4.78, 5) is 29.1. The van der Waals surface area contributed by atoms with E-state index in [9.17, 15) is 9.59 Å². The molecule has 0 aliphatic carbocycles. The Hall–Kier alpha value is -1.63. The molecule has 0 spiro atoms. The first-order valence-corrected chi connectivity index (χ1v) is 6.14. The van der Waals surface area contributed by atoms with E-state index in [1.54, 1.807) is 31.0 Å². The molecule has 3 N–H and O–H groups in total. The number of hydrogen-bond acceptors (Lipinski definition) is 5. The minimum atomic E-state index is -0.872. The van der Waals surface area contributed by atoms with E-state index in [1.165, 1.54) is 0 Å². The van der Waals surface area contributed by atoms with Crippen LogP contribution in [0.1, 0.15) is 13.8 Å². The number of nitrogen functional groups attached to an aromatic ring is 1. The number of piperazine rings is 1. The molecule has 0 unspecified atom stereocenters. The van der Waals surface area contributed by atoms with E-state index in [0.717, 1.165) is 4.47 Å². The Kier molecular flexibility index (Phi) is 3.02. The second-order valence-electron chi connectivity index (χ2n) is 4.59. The number of halogens is 1. The highest BCUT2D eigenvalue weighted by Gasteiger charge is 2.42. The number of imide groups is 1. The Bertz CT molecular complexity index is 530. The lowest BCUT2D eigenvalue weighted by molar-refractivity contribution is -0.135. The molecule has 1 fully saturated rings. The number of rotatable bonds is 1. The van der Waals surface area contributed by atoms with Gasteiger partial charge in [0, 0.05) is 10.7 Å². The Morgan fingerprint density at radius 2 is 2.17 bits per heavy atom. The highest BCUT2D eigenvalue weighted by atomic mass is 79.9. The van der Waals surface area contributed by atoms with Crippen LogP contribution in [-0.2, 0) is 9.59 Å². The Labute approximate surface area is 113 Å². The van der Waals surface area contributed by atoms with Gasteiger partial charge in [-0.05, 0) is 35.8 Å². The molecule has 0 saturated carbocycles. The van der Waals surface area contributed by atoms with Crippen LogP contribution in [0.15, 0.2) is 16.7 Å². The van der Waals surface area contributed by atoms with E-state index >= 15 is 0 Å². The number of carbonyl (C=O) groups excluding carboxylic acids is 2. The van der Waals surface area contributed by atoms with Crippen LogP contribution >= 0.6 is 15.9 Å². The van der Waals surface area contributed by atoms with Crippen molar-refractivity contribution in [3.8, 4) is 0 Å². The first-order valence-electron chi connectivity index (χ1n) is 5.35. The third kappa shape index (κ3) is 2.05. The number of carbonyl (C=O) groups is 2. The predicted octanol–water partition coefficient (Wildman–Crippen LogP) is 0.668. The first-order chi connectivity index (χ1) is 8.32. The van der Waals surface area contributed by atoms with E-state index in [0.29, 0.717) is 11.5 Å². The van der Waals surface area contributed by atoms with Gasteiger partial charge in [0.1, 0.15) is 5.54 Å². The molecule has 1 saturated heterocycles. The van der Waals surface area contributed by atoms with Gasteiger partial charge in [0.15, 0.2) is 5.82 Å². The van der Waals surface area contributed by atoms with Crippen LogP contribution in [0.3, 0.4) is 0 Å². The quantitative estimate of drug-likeness (QED) is 0.744. The van der Waals surface area contributed by atoms with Crippen molar-refractivity contribution in [3.05, 3.63) is 16.7 Å². The van der Waals surface area contributed by atoms with E-state index < -0.39 is 5.54 Å². The molecule has 1 aliphatic heterocycles. The molecule has 2 amide bonds. The molecule has 0 atom stereocenters. The van der Waals surface area contributed by atoms with Crippen molar-refractivity contribution >= 4 is 39.2 Å². The summed E-state index contributed by atoms with van der Waals surface area (Å²) >= 11 is 3.27. The van der Waals surface area contributed by atoms with Crippen molar-refractivity contribution in [1.82, 2.24) is 10.3 Å². The molecular weight excluding hydrogens is 300 g/mol. The summed E-state index contributed by atoms with van der Waals surface area (Å²) in [5.74, 6) is -0.280. The standard InChI is InChI=1S/C11H13BrN4O2/c1-11(2)10(18)15-8(17)5-16(11)9-7(13)3-6(12)4-14-9/h3-4H,5,13H2,1-2H3,(H,15,17,18). The van der Waals surface area contributed by atoms with Crippen LogP contribution in [0.4, 0.5) is 11.5 Å². The molecule has 18 heavy (non-hydrogen) atoms. The Morgan fingerprint density at radius 3 is 2.78 bits per heavy atom. The van der Waals surface area contributed by atoms with Crippen molar-refractivity contribution < 1.29 is 9.59 Å². The molecule has 0 aromatic carbocycles. The normalized spacial score (nSPS) is 18.7. The van der Waals surface area contributed by atoms with Gasteiger partial charge < -0.3 is 10.6 Å². The average Bonchev–Trinajstić information content (AvgIpc) is 2.24. The van der Waals surface area contributed by atoms with E-state index in [1.807, 2.05) is 0 Å². The summed E-state index contributed by atoms with van der Waals surface area (Å²) in [6, 6.07) is 1.69. The van der Waals surface area contributed by atoms with Gasteiger partial charge in [-0.1, -0.05) is 0 Å². The largest absolute Gasteiger partial charge is 0.396 e. The third-order valence-corrected chi connectivity index (χ3v) is 3.34. The predicted molar refractivity (Wildman–Crippen MR) is 70.9 cm³/mol. The molecule has 1 aromatic heterocycles. The van der Waals surface area contributed by atoms with Crippen molar-refractivity contribution in [1.29, 1.82) is 0 Å². The number of nitrogens with two attached hydrogens (primary N) is 1. The van der Waals surface area contributed by atoms with Crippen molar-refractivity contribution in [3.63, 3.8) is 0 Å². The summed E-state index contributed by atoms with van der Waals surface area (Å²) in [5, 5.41) is 2.30. The number of amides is 2. The maximum atomic E-state index is 11.8. The van der Waals surface area contributed by atoms with Gasteiger partial charge in [0.25, 0.3) is 5.91 Å². The van der Waals surface area contributed by atoms with Gasteiger partial charge in [-0.15, -0.1) is 0 Å². The maximum absolute atomic E-state index is 11.8. The summed E-state index contributed by atoms with van der Waals surface area (Å²) in [7, 11) is 0. The molecule has 1 aliphatic rings. The van der Waals surface area contributed by atoms with Crippen LogP contribution < -0.4 is 16.0 Å². The minimum Gasteiger partial charge on any atom is -0.396 e. The molecule has 7 heteroatoms. The smallest absolute Gasteiger partial charge is 0.251 e. The Balaban J connectivity index is 2.47. The van der Waals surface area contributed by atoms with Crippen molar-refractivity contribution in [2.75, 3.05) is 17.2 Å². The van der Waals surface area contributed by atoms with Gasteiger partial charge >= 0.3 is 0 Å².